The highest BCUT2D eigenvalue weighted by atomic mass is 19.1. The number of nitrogens with one attached hydrogen (secondary N) is 1. The number of hydrogen-bond donors (Lipinski definition) is 3. The van der Waals surface area contributed by atoms with Gasteiger partial charge >= 0.3 is 6.03 Å². The monoisotopic (exact) mass is 226 g/mol. The fourth-order valence-electron chi connectivity index (χ4n) is 1.47. The highest BCUT2D eigenvalue weighted by Gasteiger charge is 2.29. The molecular weight excluding hydrogens is 211 g/mol. The summed E-state index contributed by atoms with van der Waals surface area (Å²) in [4.78, 5) is 10.8. The minimum atomic E-state index is -1.19. The Morgan fingerprint density at radius 2 is 1.94 bits per heavy atom. The Kier molecular flexibility index (Phi) is 3.49. The molecule has 1 rings (SSSR count). The molecule has 0 aliphatic rings. The third-order valence-corrected chi connectivity index (χ3v) is 2.20. The summed E-state index contributed by atoms with van der Waals surface area (Å²) in [7, 11) is 0. The number of aliphatic hydroxyl groups is 1. The molecule has 1 aromatic carbocycles. The van der Waals surface area contributed by atoms with Gasteiger partial charge in [0.2, 0.25) is 0 Å². The van der Waals surface area contributed by atoms with Crippen LogP contribution in [0, 0.1) is 5.82 Å². The Balaban J connectivity index is 3.01. The molecule has 1 atom stereocenters. The molecule has 1 aromatic rings. The number of rotatable bonds is 3. The zero-order valence-electron chi connectivity index (χ0n) is 9.20. The van der Waals surface area contributed by atoms with Gasteiger partial charge in [-0.25, -0.2) is 9.18 Å². The number of halogens is 1. The van der Waals surface area contributed by atoms with E-state index in [9.17, 15) is 14.3 Å². The Morgan fingerprint density at radius 1 is 1.44 bits per heavy atom. The van der Waals surface area contributed by atoms with Crippen molar-refractivity contribution in [3.63, 3.8) is 0 Å². The van der Waals surface area contributed by atoms with Crippen molar-refractivity contribution in [2.45, 2.75) is 25.5 Å². The van der Waals surface area contributed by atoms with E-state index >= 15 is 0 Å². The van der Waals surface area contributed by atoms with Gasteiger partial charge in [-0.3, -0.25) is 0 Å². The van der Waals surface area contributed by atoms with E-state index in [0.717, 1.165) is 0 Å². The first-order valence-electron chi connectivity index (χ1n) is 4.84. The highest BCUT2D eigenvalue weighted by Crippen LogP contribution is 2.25. The average Bonchev–Trinajstić information content (AvgIpc) is 2.14. The van der Waals surface area contributed by atoms with E-state index < -0.39 is 17.7 Å². The van der Waals surface area contributed by atoms with E-state index in [0.29, 0.717) is 5.56 Å². The molecule has 4 N–H and O–H groups in total. The van der Waals surface area contributed by atoms with E-state index in [4.69, 9.17) is 5.73 Å². The minimum Gasteiger partial charge on any atom is -0.388 e. The van der Waals surface area contributed by atoms with Crippen LogP contribution in [0.25, 0.3) is 0 Å². The van der Waals surface area contributed by atoms with Crippen LogP contribution in [-0.4, -0.2) is 16.7 Å². The number of nitrogens with two attached hydrogens (primary N) is 1. The van der Waals surface area contributed by atoms with Gasteiger partial charge in [-0.1, -0.05) is 12.1 Å². The van der Waals surface area contributed by atoms with Crippen LogP contribution in [0.4, 0.5) is 9.18 Å². The molecule has 0 aromatic heterocycles. The smallest absolute Gasteiger partial charge is 0.312 e. The van der Waals surface area contributed by atoms with Crippen LogP contribution < -0.4 is 11.1 Å². The largest absolute Gasteiger partial charge is 0.388 e. The molecular formula is C11H15FN2O2. The van der Waals surface area contributed by atoms with Crippen LogP contribution in [0.15, 0.2) is 24.3 Å². The molecule has 0 saturated heterocycles. The molecule has 88 valence electrons. The molecule has 0 aliphatic heterocycles. The number of hydrogen-bond acceptors (Lipinski definition) is 2. The van der Waals surface area contributed by atoms with E-state index in [-0.39, 0.29) is 5.82 Å². The zero-order chi connectivity index (χ0) is 12.3. The SMILES string of the molecule is CC(C)(O)[C@@H](NC(N)=O)c1ccc(F)cc1. The van der Waals surface area contributed by atoms with E-state index in [1.807, 2.05) is 0 Å². The second-order valence-corrected chi connectivity index (χ2v) is 4.15. The molecule has 0 saturated carbocycles. The van der Waals surface area contributed by atoms with Gasteiger partial charge in [0.1, 0.15) is 5.82 Å². The van der Waals surface area contributed by atoms with Crippen LogP contribution in [-0.2, 0) is 0 Å². The molecule has 2 amide bonds. The fraction of sp³-hybridized carbons (Fsp3) is 0.364. The molecule has 0 radical (unpaired) electrons. The van der Waals surface area contributed by atoms with Gasteiger partial charge in [-0.2, -0.15) is 0 Å². The van der Waals surface area contributed by atoms with Gasteiger partial charge in [-0.15, -0.1) is 0 Å². The van der Waals surface area contributed by atoms with Crippen molar-refractivity contribution < 1.29 is 14.3 Å². The van der Waals surface area contributed by atoms with Gasteiger partial charge in [0, 0.05) is 0 Å². The molecule has 16 heavy (non-hydrogen) atoms. The predicted octanol–water partition coefficient (Wildman–Crippen LogP) is 1.31. The first-order valence-corrected chi connectivity index (χ1v) is 4.84. The van der Waals surface area contributed by atoms with Crippen molar-refractivity contribution in [2.24, 2.45) is 5.73 Å². The summed E-state index contributed by atoms with van der Waals surface area (Å²) >= 11 is 0. The maximum atomic E-state index is 12.7. The summed E-state index contributed by atoms with van der Waals surface area (Å²) in [5, 5.41) is 12.3. The van der Waals surface area contributed by atoms with Gasteiger partial charge in [0.05, 0.1) is 11.6 Å². The number of carbonyl (C=O) groups excluding carboxylic acids is 1. The van der Waals surface area contributed by atoms with Crippen LogP contribution >= 0.6 is 0 Å². The molecule has 0 heterocycles. The van der Waals surface area contributed by atoms with Crippen molar-refractivity contribution in [3.8, 4) is 0 Å². The van der Waals surface area contributed by atoms with Crippen LogP contribution in [0.2, 0.25) is 0 Å². The minimum absolute atomic E-state index is 0.377. The summed E-state index contributed by atoms with van der Waals surface area (Å²) in [5.41, 5.74) is 4.42. The van der Waals surface area contributed by atoms with Gasteiger partial charge < -0.3 is 16.2 Å². The van der Waals surface area contributed by atoms with Crippen molar-refractivity contribution in [1.29, 1.82) is 0 Å². The Hall–Kier alpha value is -1.62. The zero-order valence-corrected chi connectivity index (χ0v) is 9.20. The van der Waals surface area contributed by atoms with Crippen molar-refractivity contribution in [3.05, 3.63) is 35.6 Å². The summed E-state index contributed by atoms with van der Waals surface area (Å²) < 4.78 is 12.7. The maximum Gasteiger partial charge on any atom is 0.312 e. The number of benzene rings is 1. The molecule has 0 bridgehead atoms. The van der Waals surface area contributed by atoms with E-state index in [1.54, 1.807) is 0 Å². The van der Waals surface area contributed by atoms with E-state index in [2.05, 4.69) is 5.32 Å². The second kappa shape index (κ2) is 4.49. The lowest BCUT2D eigenvalue weighted by Gasteiger charge is -2.29. The summed E-state index contributed by atoms with van der Waals surface area (Å²) in [6, 6.07) is 4.09. The summed E-state index contributed by atoms with van der Waals surface area (Å²) in [5.74, 6) is -0.377. The number of carbonyl (C=O) groups is 1. The van der Waals surface area contributed by atoms with Crippen molar-refractivity contribution >= 4 is 6.03 Å². The van der Waals surface area contributed by atoms with Crippen LogP contribution in [0.3, 0.4) is 0 Å². The van der Waals surface area contributed by atoms with E-state index in [1.165, 1.54) is 38.1 Å². The lowest BCUT2D eigenvalue weighted by Crippen LogP contribution is -2.44. The topological polar surface area (TPSA) is 75.3 Å². The fourth-order valence-corrected chi connectivity index (χ4v) is 1.47. The Labute approximate surface area is 93.3 Å². The quantitative estimate of drug-likeness (QED) is 0.726. The molecule has 5 heteroatoms. The molecule has 0 unspecified atom stereocenters. The molecule has 4 nitrogen and oxygen atoms in total. The van der Waals surface area contributed by atoms with Crippen LogP contribution in [0.5, 0.6) is 0 Å². The van der Waals surface area contributed by atoms with Gasteiger partial charge in [0.15, 0.2) is 0 Å². The molecule has 0 fully saturated rings. The third kappa shape index (κ3) is 3.20. The molecule has 0 aliphatic carbocycles. The highest BCUT2D eigenvalue weighted by molar-refractivity contribution is 5.72. The van der Waals surface area contributed by atoms with Crippen molar-refractivity contribution in [2.75, 3.05) is 0 Å². The normalized spacial score (nSPS) is 13.2. The van der Waals surface area contributed by atoms with Gasteiger partial charge in [0.25, 0.3) is 0 Å². The first kappa shape index (κ1) is 12.4. The predicted molar refractivity (Wildman–Crippen MR) is 58.2 cm³/mol. The number of urea groups is 1. The second-order valence-electron chi connectivity index (χ2n) is 4.15. The lowest BCUT2D eigenvalue weighted by molar-refractivity contribution is 0.0412. The summed E-state index contributed by atoms with van der Waals surface area (Å²) in [6.45, 7) is 3.08. The average molecular weight is 226 g/mol. The van der Waals surface area contributed by atoms with Crippen molar-refractivity contribution in [1.82, 2.24) is 5.32 Å². The number of primary amides is 1. The van der Waals surface area contributed by atoms with Gasteiger partial charge in [-0.05, 0) is 31.5 Å². The maximum absolute atomic E-state index is 12.7. The standard InChI is InChI=1S/C11H15FN2O2/c1-11(2,16)9(14-10(13)15)7-3-5-8(12)6-4-7/h3-6,9,16H,1-2H3,(H3,13,14,15)/t9-/m0/s1. The number of amides is 2. The Morgan fingerprint density at radius 3 is 2.31 bits per heavy atom. The first-order chi connectivity index (χ1) is 7.30. The molecule has 0 spiro atoms. The summed E-state index contributed by atoms with van der Waals surface area (Å²) in [6.07, 6.45) is 0. The Bertz CT molecular complexity index is 371. The lowest BCUT2D eigenvalue weighted by atomic mass is 9.92. The van der Waals surface area contributed by atoms with Crippen LogP contribution in [0.1, 0.15) is 25.5 Å². The third-order valence-electron chi connectivity index (χ3n) is 2.20.